The van der Waals surface area contributed by atoms with Gasteiger partial charge in [0.25, 0.3) is 0 Å². The van der Waals surface area contributed by atoms with E-state index >= 15 is 0 Å². The summed E-state index contributed by atoms with van der Waals surface area (Å²) in [4.78, 5) is 32.9. The Hall–Kier alpha value is -1.56. The predicted molar refractivity (Wildman–Crippen MR) is 87.0 cm³/mol. The van der Waals surface area contributed by atoms with E-state index in [4.69, 9.17) is 0 Å². The lowest BCUT2D eigenvalue weighted by atomic mass is 10.2. The van der Waals surface area contributed by atoms with Gasteiger partial charge in [-0.3, -0.25) is 9.59 Å². The van der Waals surface area contributed by atoms with Crippen LogP contribution in [-0.2, 0) is 9.59 Å². The van der Waals surface area contributed by atoms with E-state index in [0.717, 1.165) is 36.6 Å². The van der Waals surface area contributed by atoms with Crippen LogP contribution in [0.5, 0.6) is 0 Å². The number of hydrogen-bond donors (Lipinski definition) is 0. The summed E-state index contributed by atoms with van der Waals surface area (Å²) >= 11 is 1.42. The van der Waals surface area contributed by atoms with Gasteiger partial charge in [-0.15, -0.1) is 0 Å². The second kappa shape index (κ2) is 6.69. The third kappa shape index (κ3) is 3.11. The molecule has 6 heteroatoms. The Morgan fingerprint density at radius 3 is 2.77 bits per heavy atom. The highest BCUT2D eigenvalue weighted by molar-refractivity contribution is 8.00. The molecule has 22 heavy (non-hydrogen) atoms. The second-order valence-corrected chi connectivity index (χ2v) is 7.02. The number of fused-ring (bicyclic) bond motifs is 1. The summed E-state index contributed by atoms with van der Waals surface area (Å²) in [5.74, 6) is 0.0919. The zero-order chi connectivity index (χ0) is 15.5. The van der Waals surface area contributed by atoms with E-state index < -0.39 is 0 Å². The van der Waals surface area contributed by atoms with Gasteiger partial charge in [0, 0.05) is 32.8 Å². The van der Waals surface area contributed by atoms with E-state index in [0.29, 0.717) is 0 Å². The zero-order valence-corrected chi connectivity index (χ0v) is 13.6. The molecule has 1 fully saturated rings. The maximum absolute atomic E-state index is 12.5. The number of amides is 2. The van der Waals surface area contributed by atoms with Gasteiger partial charge in [0.15, 0.2) is 0 Å². The molecule has 1 saturated heterocycles. The number of nitrogens with zero attached hydrogens (tertiary/aromatic N) is 3. The van der Waals surface area contributed by atoms with Gasteiger partial charge in [0.05, 0.1) is 10.9 Å². The third-order valence-electron chi connectivity index (χ3n) is 4.29. The molecule has 0 spiro atoms. The molecule has 3 rings (SSSR count). The molecule has 1 aromatic heterocycles. The second-order valence-electron chi connectivity index (χ2n) is 5.83. The summed E-state index contributed by atoms with van der Waals surface area (Å²) in [7, 11) is 1.76. The molecule has 0 saturated carbocycles. The number of hydrogen-bond acceptors (Lipinski definition) is 4. The molecule has 118 valence electrons. The van der Waals surface area contributed by atoms with Crippen LogP contribution in [-0.4, -0.2) is 47.1 Å². The van der Waals surface area contributed by atoms with E-state index in [1.807, 2.05) is 17.0 Å². The van der Waals surface area contributed by atoms with Crippen LogP contribution in [0.4, 0.5) is 5.69 Å². The van der Waals surface area contributed by atoms with Crippen molar-refractivity contribution in [2.75, 3.05) is 25.0 Å². The quantitative estimate of drug-likeness (QED) is 0.839. The largest absolute Gasteiger partial charge is 0.343 e. The number of aromatic nitrogens is 1. The van der Waals surface area contributed by atoms with Gasteiger partial charge in [0.1, 0.15) is 5.03 Å². The lowest BCUT2D eigenvalue weighted by Crippen LogP contribution is -2.42. The maximum Gasteiger partial charge on any atom is 0.240 e. The van der Waals surface area contributed by atoms with Crippen molar-refractivity contribution < 1.29 is 9.59 Å². The van der Waals surface area contributed by atoms with Crippen LogP contribution in [0, 0.1) is 0 Å². The number of thioether (sulfide) groups is 1. The van der Waals surface area contributed by atoms with Crippen molar-refractivity contribution in [3.63, 3.8) is 0 Å². The Bertz CT molecular complexity index is 570. The Labute approximate surface area is 135 Å². The highest BCUT2D eigenvalue weighted by Crippen LogP contribution is 2.38. The Morgan fingerprint density at radius 1 is 1.32 bits per heavy atom. The minimum atomic E-state index is -0.358. The first-order valence-corrected chi connectivity index (χ1v) is 8.72. The van der Waals surface area contributed by atoms with Gasteiger partial charge in [-0.05, 0) is 25.0 Å². The molecule has 0 aromatic carbocycles. The average molecular weight is 319 g/mol. The molecule has 2 aliphatic rings. The van der Waals surface area contributed by atoms with E-state index in [-0.39, 0.29) is 23.5 Å². The third-order valence-corrected chi connectivity index (χ3v) is 5.48. The topological polar surface area (TPSA) is 53.5 Å². The molecule has 5 nitrogen and oxygen atoms in total. The first kappa shape index (κ1) is 15.3. The molecular formula is C16H21N3O2S. The highest BCUT2D eigenvalue weighted by atomic mass is 32.2. The van der Waals surface area contributed by atoms with Gasteiger partial charge >= 0.3 is 0 Å². The van der Waals surface area contributed by atoms with Crippen molar-refractivity contribution in [1.82, 2.24) is 9.88 Å². The fraction of sp³-hybridized carbons (Fsp3) is 0.562. The average Bonchev–Trinajstić information content (AvgIpc) is 2.81. The van der Waals surface area contributed by atoms with Crippen molar-refractivity contribution in [3.05, 3.63) is 18.3 Å². The summed E-state index contributed by atoms with van der Waals surface area (Å²) in [6, 6.07) is 3.71. The first-order valence-electron chi connectivity index (χ1n) is 7.84. The minimum Gasteiger partial charge on any atom is -0.343 e. The summed E-state index contributed by atoms with van der Waals surface area (Å²) in [5.41, 5.74) is 0.830. The van der Waals surface area contributed by atoms with Crippen LogP contribution in [0.1, 0.15) is 32.1 Å². The highest BCUT2D eigenvalue weighted by Gasteiger charge is 2.34. The Morgan fingerprint density at radius 2 is 2.05 bits per heavy atom. The minimum absolute atomic E-state index is 0.00586. The number of carbonyl (C=O) groups excluding carboxylic acids is 2. The van der Waals surface area contributed by atoms with Gasteiger partial charge in [0.2, 0.25) is 11.8 Å². The molecule has 0 unspecified atom stereocenters. The summed E-state index contributed by atoms with van der Waals surface area (Å²) in [5, 5.41) is 0.474. The van der Waals surface area contributed by atoms with Gasteiger partial charge in [-0.25, -0.2) is 4.98 Å². The van der Waals surface area contributed by atoms with E-state index in [2.05, 4.69) is 4.98 Å². The number of rotatable bonds is 2. The predicted octanol–water partition coefficient (Wildman–Crippen LogP) is 2.31. The first-order chi connectivity index (χ1) is 10.7. The van der Waals surface area contributed by atoms with Crippen LogP contribution in [0.2, 0.25) is 0 Å². The molecule has 0 aliphatic carbocycles. The summed E-state index contributed by atoms with van der Waals surface area (Å²) < 4.78 is 0. The molecular weight excluding hydrogens is 298 g/mol. The Balaban J connectivity index is 1.70. The maximum atomic E-state index is 12.5. The lowest BCUT2D eigenvalue weighted by Gasteiger charge is -2.31. The number of pyridine rings is 1. The monoisotopic (exact) mass is 319 g/mol. The number of carbonyl (C=O) groups is 2. The van der Waals surface area contributed by atoms with E-state index in [9.17, 15) is 9.59 Å². The van der Waals surface area contributed by atoms with Crippen LogP contribution in [0.15, 0.2) is 23.4 Å². The van der Waals surface area contributed by atoms with Gasteiger partial charge in [-0.2, -0.15) is 0 Å². The molecule has 0 bridgehead atoms. The Kier molecular flexibility index (Phi) is 4.66. The molecule has 0 radical (unpaired) electrons. The molecule has 2 amide bonds. The van der Waals surface area contributed by atoms with Crippen molar-refractivity contribution in [1.29, 1.82) is 0 Å². The van der Waals surface area contributed by atoms with E-state index in [1.54, 1.807) is 18.1 Å². The molecule has 1 aromatic rings. The van der Waals surface area contributed by atoms with Crippen molar-refractivity contribution in [2.45, 2.75) is 42.4 Å². The normalized spacial score (nSPS) is 22.2. The van der Waals surface area contributed by atoms with Crippen LogP contribution < -0.4 is 4.90 Å². The summed E-state index contributed by atoms with van der Waals surface area (Å²) in [6.45, 7) is 1.66. The zero-order valence-electron chi connectivity index (χ0n) is 12.8. The fourth-order valence-corrected chi connectivity index (χ4v) is 4.19. The summed E-state index contributed by atoms with van der Waals surface area (Å²) in [6.07, 6.45) is 6.53. The van der Waals surface area contributed by atoms with Crippen molar-refractivity contribution in [3.8, 4) is 0 Å². The number of anilines is 1. The van der Waals surface area contributed by atoms with E-state index in [1.165, 1.54) is 24.6 Å². The SMILES string of the molecule is CN1C(=O)[C@@H](CC(=O)N2CCCCCC2)Sc2ncccc21. The van der Waals surface area contributed by atoms with Gasteiger partial charge in [-0.1, -0.05) is 24.6 Å². The molecule has 3 heterocycles. The van der Waals surface area contributed by atoms with Crippen LogP contribution in [0.3, 0.4) is 0 Å². The fourth-order valence-electron chi connectivity index (χ4n) is 2.99. The van der Waals surface area contributed by atoms with Crippen LogP contribution >= 0.6 is 11.8 Å². The standard InChI is InChI=1S/C16H21N3O2S/c1-18-12-7-6-8-17-15(12)22-13(16(18)21)11-14(20)19-9-4-2-3-5-10-19/h6-8,13H,2-5,9-11H2,1H3/t13-/m1/s1. The van der Waals surface area contributed by atoms with Gasteiger partial charge < -0.3 is 9.80 Å². The van der Waals surface area contributed by atoms with Crippen molar-refractivity contribution in [2.24, 2.45) is 0 Å². The number of likely N-dealkylation sites (tertiary alicyclic amines) is 1. The molecule has 1 atom stereocenters. The lowest BCUT2D eigenvalue weighted by molar-refractivity contribution is -0.132. The molecule has 2 aliphatic heterocycles. The smallest absolute Gasteiger partial charge is 0.240 e. The van der Waals surface area contributed by atoms with Crippen LogP contribution in [0.25, 0.3) is 0 Å². The molecule has 0 N–H and O–H groups in total. The van der Waals surface area contributed by atoms with Crippen molar-refractivity contribution >= 4 is 29.3 Å².